The van der Waals surface area contributed by atoms with E-state index in [1.807, 2.05) is 36.7 Å². The van der Waals surface area contributed by atoms with E-state index in [1.165, 1.54) is 5.56 Å². The van der Waals surface area contributed by atoms with Crippen molar-refractivity contribution in [1.82, 2.24) is 15.0 Å². The van der Waals surface area contributed by atoms with Crippen molar-refractivity contribution in [1.29, 1.82) is 0 Å². The van der Waals surface area contributed by atoms with E-state index >= 15 is 0 Å². The number of aryl methyl sites for hydroxylation is 2. The fraction of sp³-hybridized carbons (Fsp3) is 0.385. The summed E-state index contributed by atoms with van der Waals surface area (Å²) in [6, 6.07) is 10.3. The zero-order chi connectivity index (χ0) is 12.3. The van der Waals surface area contributed by atoms with Crippen molar-refractivity contribution in [2.75, 3.05) is 0 Å². The van der Waals surface area contributed by atoms with Crippen LogP contribution >= 0.6 is 0 Å². The highest BCUT2D eigenvalue weighted by Gasteiger charge is 2.19. The van der Waals surface area contributed by atoms with Gasteiger partial charge in [0.1, 0.15) is 0 Å². The molecule has 1 aromatic carbocycles. The molecule has 0 aliphatic carbocycles. The first-order chi connectivity index (χ1) is 8.07. The lowest BCUT2D eigenvalue weighted by atomic mass is 10.0. The summed E-state index contributed by atoms with van der Waals surface area (Å²) in [5.41, 5.74) is 7.93. The predicted octanol–water partition coefficient (Wildman–Crippen LogP) is 1.71. The quantitative estimate of drug-likeness (QED) is 0.870. The molecule has 2 rings (SSSR count). The summed E-state index contributed by atoms with van der Waals surface area (Å²) in [5.74, 6) is 0. The molecule has 0 amide bonds. The molecule has 0 saturated carbocycles. The number of nitrogens with zero attached hydrogens (tertiary/aromatic N) is 3. The van der Waals surface area contributed by atoms with E-state index in [0.717, 1.165) is 18.7 Å². The van der Waals surface area contributed by atoms with Gasteiger partial charge in [-0.1, -0.05) is 35.5 Å². The second kappa shape index (κ2) is 4.67. The lowest BCUT2D eigenvalue weighted by molar-refractivity contribution is 0.462. The Morgan fingerprint density at radius 2 is 1.94 bits per heavy atom. The third kappa shape index (κ3) is 2.91. The maximum Gasteiger partial charge on any atom is 0.0780 e. The summed E-state index contributed by atoms with van der Waals surface area (Å²) in [4.78, 5) is 0. The Morgan fingerprint density at radius 1 is 1.24 bits per heavy atom. The average molecular weight is 230 g/mol. The van der Waals surface area contributed by atoms with Gasteiger partial charge in [0.25, 0.3) is 0 Å². The first-order valence-corrected chi connectivity index (χ1v) is 5.79. The third-order valence-corrected chi connectivity index (χ3v) is 2.73. The fourth-order valence-corrected chi connectivity index (χ4v) is 1.80. The number of hydrogen-bond acceptors (Lipinski definition) is 3. The molecule has 0 aliphatic rings. The molecule has 0 saturated heterocycles. The number of hydrogen-bond donors (Lipinski definition) is 1. The number of rotatable bonds is 4. The standard InChI is InChI=1S/C13H18N4/c1-13(2,14)12-10-15-16-17(12)9-8-11-6-4-3-5-7-11/h3-7,10H,8-9,14H2,1-2H3. The average Bonchev–Trinajstić information content (AvgIpc) is 2.75. The van der Waals surface area contributed by atoms with Crippen LogP contribution in [0.25, 0.3) is 0 Å². The zero-order valence-electron chi connectivity index (χ0n) is 10.3. The number of nitrogens with two attached hydrogens (primary N) is 1. The van der Waals surface area contributed by atoms with Gasteiger partial charge in [0.05, 0.1) is 17.4 Å². The molecular weight excluding hydrogens is 212 g/mol. The fourth-order valence-electron chi connectivity index (χ4n) is 1.80. The van der Waals surface area contributed by atoms with E-state index in [-0.39, 0.29) is 0 Å². The lowest BCUT2D eigenvalue weighted by Gasteiger charge is -2.19. The van der Waals surface area contributed by atoms with Crippen molar-refractivity contribution >= 4 is 0 Å². The molecular formula is C13H18N4. The summed E-state index contributed by atoms with van der Waals surface area (Å²) in [6.45, 7) is 4.73. The van der Waals surface area contributed by atoms with E-state index in [4.69, 9.17) is 5.73 Å². The molecule has 1 aromatic heterocycles. The van der Waals surface area contributed by atoms with Gasteiger partial charge in [-0.2, -0.15) is 0 Å². The molecule has 0 aliphatic heterocycles. The number of aromatic nitrogens is 3. The van der Waals surface area contributed by atoms with Gasteiger partial charge in [0.2, 0.25) is 0 Å². The van der Waals surface area contributed by atoms with Gasteiger partial charge < -0.3 is 5.73 Å². The second-order valence-electron chi connectivity index (χ2n) is 4.80. The van der Waals surface area contributed by atoms with Crippen LogP contribution in [0, 0.1) is 0 Å². The Balaban J connectivity index is 2.08. The van der Waals surface area contributed by atoms with Crippen molar-refractivity contribution < 1.29 is 0 Å². The first kappa shape index (κ1) is 11.8. The zero-order valence-corrected chi connectivity index (χ0v) is 10.3. The summed E-state index contributed by atoms with van der Waals surface area (Å²) >= 11 is 0. The molecule has 2 aromatic rings. The Morgan fingerprint density at radius 3 is 2.59 bits per heavy atom. The van der Waals surface area contributed by atoms with Crippen LogP contribution in [0.15, 0.2) is 36.5 Å². The largest absolute Gasteiger partial charge is 0.321 e. The highest BCUT2D eigenvalue weighted by atomic mass is 15.4. The minimum absolute atomic E-state index is 0.403. The molecule has 0 atom stereocenters. The minimum Gasteiger partial charge on any atom is -0.321 e. The molecule has 0 spiro atoms. The van der Waals surface area contributed by atoms with Crippen LogP contribution in [0.1, 0.15) is 25.1 Å². The van der Waals surface area contributed by atoms with Crippen molar-refractivity contribution in [3.8, 4) is 0 Å². The van der Waals surface area contributed by atoms with E-state index in [2.05, 4.69) is 22.4 Å². The summed E-state index contributed by atoms with van der Waals surface area (Å²) in [6.07, 6.45) is 2.68. The molecule has 4 heteroatoms. The lowest BCUT2D eigenvalue weighted by Crippen LogP contribution is -2.32. The van der Waals surface area contributed by atoms with Gasteiger partial charge in [-0.3, -0.25) is 0 Å². The molecule has 90 valence electrons. The molecule has 1 heterocycles. The molecule has 0 fully saturated rings. The predicted molar refractivity (Wildman–Crippen MR) is 67.4 cm³/mol. The van der Waals surface area contributed by atoms with Crippen molar-refractivity contribution in [2.45, 2.75) is 32.4 Å². The Bertz CT molecular complexity index is 468. The van der Waals surface area contributed by atoms with E-state index in [9.17, 15) is 0 Å². The van der Waals surface area contributed by atoms with Crippen LogP contribution in [-0.4, -0.2) is 15.0 Å². The van der Waals surface area contributed by atoms with Crippen molar-refractivity contribution in [2.24, 2.45) is 5.73 Å². The summed E-state index contributed by atoms with van der Waals surface area (Å²) in [5, 5.41) is 8.02. The van der Waals surface area contributed by atoms with Gasteiger partial charge in [-0.05, 0) is 25.8 Å². The molecule has 17 heavy (non-hydrogen) atoms. The summed E-state index contributed by atoms with van der Waals surface area (Å²) in [7, 11) is 0. The highest BCUT2D eigenvalue weighted by Crippen LogP contribution is 2.15. The molecule has 2 N–H and O–H groups in total. The maximum absolute atomic E-state index is 6.07. The normalized spacial score (nSPS) is 11.7. The Labute approximate surface area is 101 Å². The maximum atomic E-state index is 6.07. The van der Waals surface area contributed by atoms with E-state index < -0.39 is 5.54 Å². The summed E-state index contributed by atoms with van der Waals surface area (Å²) < 4.78 is 1.88. The Hall–Kier alpha value is -1.68. The van der Waals surface area contributed by atoms with Gasteiger partial charge in [0, 0.05) is 6.54 Å². The topological polar surface area (TPSA) is 56.7 Å². The van der Waals surface area contributed by atoms with E-state index in [1.54, 1.807) is 6.20 Å². The first-order valence-electron chi connectivity index (χ1n) is 5.79. The smallest absolute Gasteiger partial charge is 0.0780 e. The van der Waals surface area contributed by atoms with Crippen LogP contribution in [0.5, 0.6) is 0 Å². The molecule has 0 unspecified atom stereocenters. The van der Waals surface area contributed by atoms with Crippen molar-refractivity contribution in [3.05, 3.63) is 47.8 Å². The molecule has 4 nitrogen and oxygen atoms in total. The van der Waals surface area contributed by atoms with E-state index in [0.29, 0.717) is 0 Å². The number of benzene rings is 1. The van der Waals surface area contributed by atoms with Crippen LogP contribution in [0.2, 0.25) is 0 Å². The Kier molecular flexibility index (Phi) is 3.24. The van der Waals surface area contributed by atoms with Gasteiger partial charge in [0.15, 0.2) is 0 Å². The van der Waals surface area contributed by atoms with Crippen LogP contribution in [0.3, 0.4) is 0 Å². The monoisotopic (exact) mass is 230 g/mol. The van der Waals surface area contributed by atoms with Crippen LogP contribution in [-0.2, 0) is 18.5 Å². The van der Waals surface area contributed by atoms with Crippen LogP contribution < -0.4 is 5.73 Å². The highest BCUT2D eigenvalue weighted by molar-refractivity contribution is 5.15. The minimum atomic E-state index is -0.403. The third-order valence-electron chi connectivity index (χ3n) is 2.73. The van der Waals surface area contributed by atoms with Gasteiger partial charge in [-0.15, -0.1) is 5.10 Å². The van der Waals surface area contributed by atoms with Crippen molar-refractivity contribution in [3.63, 3.8) is 0 Å². The molecule has 0 radical (unpaired) electrons. The SMILES string of the molecule is CC(C)(N)c1cnnn1CCc1ccccc1. The second-order valence-corrected chi connectivity index (χ2v) is 4.80. The molecule has 0 bridgehead atoms. The van der Waals surface area contributed by atoms with Gasteiger partial charge in [-0.25, -0.2) is 4.68 Å². The van der Waals surface area contributed by atoms with Gasteiger partial charge >= 0.3 is 0 Å². The van der Waals surface area contributed by atoms with Crippen LogP contribution in [0.4, 0.5) is 0 Å².